The van der Waals surface area contributed by atoms with Crippen molar-refractivity contribution in [3.05, 3.63) is 35.4 Å². The number of benzene rings is 1. The lowest BCUT2D eigenvalue weighted by molar-refractivity contribution is -0.129. The van der Waals surface area contributed by atoms with Crippen LogP contribution in [0.25, 0.3) is 0 Å². The summed E-state index contributed by atoms with van der Waals surface area (Å²) in [5, 5.41) is 3.83. The van der Waals surface area contributed by atoms with Gasteiger partial charge in [-0.15, -0.1) is 0 Å². The molecule has 1 heterocycles. The van der Waals surface area contributed by atoms with E-state index in [0.29, 0.717) is 5.25 Å². The summed E-state index contributed by atoms with van der Waals surface area (Å²) in [5.74, 6) is 0.200. The molecule has 1 saturated heterocycles. The number of carbonyl (C=O) groups is 1. The van der Waals surface area contributed by atoms with Crippen LogP contribution < -0.4 is 5.32 Å². The molecule has 0 spiro atoms. The molecule has 1 fully saturated rings. The number of thioether (sulfide) groups is 1. The van der Waals surface area contributed by atoms with Crippen LogP contribution in [-0.4, -0.2) is 34.9 Å². The highest BCUT2D eigenvalue weighted by Crippen LogP contribution is 2.27. The summed E-state index contributed by atoms with van der Waals surface area (Å²) >= 11 is 1.79. The van der Waals surface area contributed by atoms with Gasteiger partial charge in [0.2, 0.25) is 5.91 Å². The van der Waals surface area contributed by atoms with Crippen molar-refractivity contribution in [2.24, 2.45) is 0 Å². The van der Waals surface area contributed by atoms with Gasteiger partial charge in [0.15, 0.2) is 0 Å². The highest BCUT2D eigenvalue weighted by molar-refractivity contribution is 7.99. The molecule has 3 unspecified atom stereocenters. The Hall–Kier alpha value is -1.00. The van der Waals surface area contributed by atoms with Crippen molar-refractivity contribution in [2.45, 2.75) is 38.2 Å². The first-order valence-corrected chi connectivity index (χ1v) is 7.97. The highest BCUT2D eigenvalue weighted by atomic mass is 32.2. The van der Waals surface area contributed by atoms with Crippen LogP contribution >= 0.6 is 11.8 Å². The predicted molar refractivity (Wildman–Crippen MR) is 81.2 cm³/mol. The van der Waals surface area contributed by atoms with Crippen molar-refractivity contribution in [1.29, 1.82) is 0 Å². The molecule has 4 heteroatoms. The van der Waals surface area contributed by atoms with Crippen molar-refractivity contribution in [3.8, 4) is 0 Å². The normalized spacial score (nSPS) is 24.8. The zero-order valence-corrected chi connectivity index (χ0v) is 12.8. The first kappa shape index (κ1) is 14.4. The maximum absolute atomic E-state index is 12.3. The third-order valence-electron chi connectivity index (χ3n) is 3.62. The molecule has 0 aliphatic carbocycles. The molecular formula is C15H22N2OS. The van der Waals surface area contributed by atoms with E-state index in [1.807, 2.05) is 11.8 Å². The van der Waals surface area contributed by atoms with Crippen LogP contribution in [0.4, 0.5) is 0 Å². The topological polar surface area (TPSA) is 32.3 Å². The van der Waals surface area contributed by atoms with Gasteiger partial charge in [0.1, 0.15) is 6.17 Å². The van der Waals surface area contributed by atoms with Crippen LogP contribution in [0.5, 0.6) is 0 Å². The number of nitrogens with one attached hydrogen (secondary N) is 1. The molecule has 3 nitrogen and oxygen atoms in total. The van der Waals surface area contributed by atoms with Crippen LogP contribution in [0.2, 0.25) is 0 Å². The molecule has 1 amide bonds. The van der Waals surface area contributed by atoms with Gasteiger partial charge in [0, 0.05) is 11.8 Å². The summed E-state index contributed by atoms with van der Waals surface area (Å²) in [6, 6.07) is 8.31. The van der Waals surface area contributed by atoms with Crippen LogP contribution in [-0.2, 0) is 4.79 Å². The molecule has 0 saturated carbocycles. The van der Waals surface area contributed by atoms with Crippen molar-refractivity contribution < 1.29 is 4.79 Å². The molecule has 3 atom stereocenters. The molecule has 19 heavy (non-hydrogen) atoms. The van der Waals surface area contributed by atoms with E-state index < -0.39 is 0 Å². The molecule has 1 aromatic carbocycles. The monoisotopic (exact) mass is 278 g/mol. The number of nitrogens with zero attached hydrogens (tertiary/aromatic N) is 1. The Bertz CT molecular complexity index is 446. The Morgan fingerprint density at radius 2 is 2.00 bits per heavy atom. The molecule has 0 aromatic heterocycles. The number of aryl methyl sites for hydroxylation is 1. The summed E-state index contributed by atoms with van der Waals surface area (Å²) in [5.41, 5.74) is 2.40. The Labute approximate surface area is 119 Å². The summed E-state index contributed by atoms with van der Waals surface area (Å²) in [6.07, 6.45) is 2.10. The summed E-state index contributed by atoms with van der Waals surface area (Å²) in [7, 11) is 0. The van der Waals surface area contributed by atoms with Gasteiger partial charge in [-0.3, -0.25) is 10.1 Å². The van der Waals surface area contributed by atoms with E-state index in [-0.39, 0.29) is 18.1 Å². The zero-order valence-electron chi connectivity index (χ0n) is 12.0. The Balaban J connectivity index is 2.21. The van der Waals surface area contributed by atoms with Crippen molar-refractivity contribution in [3.63, 3.8) is 0 Å². The zero-order chi connectivity index (χ0) is 14.0. The average molecular weight is 278 g/mol. The van der Waals surface area contributed by atoms with E-state index in [0.717, 1.165) is 12.1 Å². The molecule has 1 N–H and O–H groups in total. The summed E-state index contributed by atoms with van der Waals surface area (Å²) < 4.78 is 0. The second-order valence-electron chi connectivity index (χ2n) is 5.24. The van der Waals surface area contributed by atoms with Crippen molar-refractivity contribution in [2.75, 3.05) is 12.8 Å². The van der Waals surface area contributed by atoms with Gasteiger partial charge in [-0.2, -0.15) is 11.8 Å². The molecule has 1 aliphatic heterocycles. The molecule has 104 valence electrons. The minimum absolute atomic E-state index is 0.0118. The quantitative estimate of drug-likeness (QED) is 0.918. The number of carbonyl (C=O) groups excluding carboxylic acids is 1. The van der Waals surface area contributed by atoms with E-state index >= 15 is 0 Å². The maximum Gasteiger partial charge on any atom is 0.241 e. The minimum Gasteiger partial charge on any atom is -0.320 e. The second kappa shape index (κ2) is 5.97. The third-order valence-corrected chi connectivity index (χ3v) is 4.58. The molecule has 1 aliphatic rings. The standard InChI is InChI=1S/C15H22N2OS/c1-10-5-7-13(8-6-10)14-16-12(3)15(18)17(14)9-11(2)19-4/h5-8,11-12,14,16H,9H2,1-4H3. The summed E-state index contributed by atoms with van der Waals surface area (Å²) in [6.45, 7) is 6.96. The molecule has 0 radical (unpaired) electrons. The Morgan fingerprint density at radius 1 is 1.37 bits per heavy atom. The second-order valence-corrected chi connectivity index (χ2v) is 6.51. The van der Waals surface area contributed by atoms with Gasteiger partial charge in [-0.05, 0) is 25.7 Å². The minimum atomic E-state index is -0.0969. The SMILES string of the molecule is CSC(C)CN1C(=O)C(C)NC1c1ccc(C)cc1. The Morgan fingerprint density at radius 3 is 2.58 bits per heavy atom. The largest absolute Gasteiger partial charge is 0.320 e. The van der Waals surface area contributed by atoms with E-state index in [2.05, 4.69) is 49.7 Å². The van der Waals surface area contributed by atoms with Crippen LogP contribution in [0.15, 0.2) is 24.3 Å². The van der Waals surface area contributed by atoms with Crippen LogP contribution in [0.1, 0.15) is 31.1 Å². The fraction of sp³-hybridized carbons (Fsp3) is 0.533. The number of hydrogen-bond acceptors (Lipinski definition) is 3. The average Bonchev–Trinajstić information content (AvgIpc) is 2.68. The molecule has 2 rings (SSSR count). The first-order valence-electron chi connectivity index (χ1n) is 6.69. The number of amides is 1. The molecular weight excluding hydrogens is 256 g/mol. The lowest BCUT2D eigenvalue weighted by Gasteiger charge is -2.27. The van der Waals surface area contributed by atoms with E-state index in [1.54, 1.807) is 11.8 Å². The van der Waals surface area contributed by atoms with Crippen LogP contribution in [0.3, 0.4) is 0 Å². The fourth-order valence-electron chi connectivity index (χ4n) is 2.35. The molecule has 0 bridgehead atoms. The maximum atomic E-state index is 12.3. The van der Waals surface area contributed by atoms with Gasteiger partial charge < -0.3 is 4.90 Å². The number of hydrogen-bond donors (Lipinski definition) is 1. The van der Waals surface area contributed by atoms with Crippen molar-refractivity contribution in [1.82, 2.24) is 10.2 Å². The van der Waals surface area contributed by atoms with Crippen LogP contribution in [0, 0.1) is 6.92 Å². The first-order chi connectivity index (χ1) is 9.02. The molecule has 1 aromatic rings. The van der Waals surface area contributed by atoms with Gasteiger partial charge in [-0.1, -0.05) is 36.8 Å². The lowest BCUT2D eigenvalue weighted by Crippen LogP contribution is -2.35. The predicted octanol–water partition coefficient (Wildman–Crippen LogP) is 2.57. The van der Waals surface area contributed by atoms with E-state index in [9.17, 15) is 4.79 Å². The highest BCUT2D eigenvalue weighted by Gasteiger charge is 2.37. The van der Waals surface area contributed by atoms with Gasteiger partial charge >= 0.3 is 0 Å². The van der Waals surface area contributed by atoms with Gasteiger partial charge in [0.25, 0.3) is 0 Å². The van der Waals surface area contributed by atoms with Crippen molar-refractivity contribution >= 4 is 17.7 Å². The van der Waals surface area contributed by atoms with Gasteiger partial charge in [0.05, 0.1) is 6.04 Å². The smallest absolute Gasteiger partial charge is 0.241 e. The van der Waals surface area contributed by atoms with Gasteiger partial charge in [-0.25, -0.2) is 0 Å². The van der Waals surface area contributed by atoms with E-state index in [1.165, 1.54) is 5.56 Å². The lowest BCUT2D eigenvalue weighted by atomic mass is 10.1. The fourth-order valence-corrected chi connectivity index (χ4v) is 2.66. The number of rotatable bonds is 4. The third kappa shape index (κ3) is 3.12. The Kier molecular flexibility index (Phi) is 4.53. The summed E-state index contributed by atoms with van der Waals surface area (Å²) in [4.78, 5) is 14.2. The van der Waals surface area contributed by atoms with E-state index in [4.69, 9.17) is 0 Å².